The molecule has 0 spiro atoms. The number of amides is 2. The first-order valence-corrected chi connectivity index (χ1v) is 8.48. The Hall–Kier alpha value is -3.27. The van der Waals surface area contributed by atoms with Crippen molar-refractivity contribution in [3.05, 3.63) is 40.1 Å². The van der Waals surface area contributed by atoms with Gasteiger partial charge in [-0.3, -0.25) is 20.4 Å². The Morgan fingerprint density at radius 3 is 2.19 bits per heavy atom. The molecule has 144 valence electrons. The van der Waals surface area contributed by atoms with E-state index in [4.69, 9.17) is 18.9 Å². The average Bonchev–Trinajstić information content (AvgIpc) is 3.23. The summed E-state index contributed by atoms with van der Waals surface area (Å²) in [6.45, 7) is -0.583. The number of hydrogen-bond donors (Lipinski definition) is 2. The van der Waals surface area contributed by atoms with E-state index in [1.54, 1.807) is 17.5 Å². The van der Waals surface area contributed by atoms with E-state index in [9.17, 15) is 14.4 Å². The van der Waals surface area contributed by atoms with Crippen LogP contribution in [0, 0.1) is 0 Å². The van der Waals surface area contributed by atoms with Gasteiger partial charge < -0.3 is 18.9 Å². The lowest BCUT2D eigenvalue weighted by Crippen LogP contribution is -2.43. The molecule has 27 heavy (non-hydrogen) atoms. The Kier molecular flexibility index (Phi) is 7.00. The predicted octanol–water partition coefficient (Wildman–Crippen LogP) is 1.39. The number of rotatable bonds is 7. The Balaban J connectivity index is 1.93. The Morgan fingerprint density at radius 2 is 1.67 bits per heavy atom. The normalized spacial score (nSPS) is 9.89. The number of hydrazine groups is 1. The van der Waals surface area contributed by atoms with Crippen molar-refractivity contribution in [3.8, 4) is 17.2 Å². The van der Waals surface area contributed by atoms with Crippen LogP contribution in [0.15, 0.2) is 29.6 Å². The number of benzene rings is 1. The molecule has 2 amide bonds. The number of carbonyl (C=O) groups is 3. The number of nitrogens with one attached hydrogen (secondary N) is 2. The molecule has 10 heteroatoms. The molecular formula is C17H18N2O7S. The molecule has 2 aromatic rings. The zero-order valence-corrected chi connectivity index (χ0v) is 15.7. The SMILES string of the molecule is COc1cc(C(=O)OCC(=O)NNC(=O)c2cccs2)cc(OC)c1OC. The summed E-state index contributed by atoms with van der Waals surface area (Å²) in [4.78, 5) is 36.0. The molecule has 0 unspecified atom stereocenters. The molecule has 0 bridgehead atoms. The van der Waals surface area contributed by atoms with Gasteiger partial charge in [0.05, 0.1) is 31.8 Å². The van der Waals surface area contributed by atoms with Crippen LogP contribution >= 0.6 is 11.3 Å². The standard InChI is InChI=1S/C17H18N2O7S/c1-23-11-7-10(8-12(24-2)15(11)25-3)17(22)26-9-14(20)18-19-16(21)13-5-4-6-27-13/h4-8H,9H2,1-3H3,(H,18,20)(H,19,21). The van der Waals surface area contributed by atoms with Crippen LogP contribution in [-0.2, 0) is 9.53 Å². The molecule has 0 radical (unpaired) electrons. The van der Waals surface area contributed by atoms with Crippen molar-refractivity contribution in [2.24, 2.45) is 0 Å². The van der Waals surface area contributed by atoms with Gasteiger partial charge in [0.25, 0.3) is 11.8 Å². The summed E-state index contributed by atoms with van der Waals surface area (Å²) < 4.78 is 20.4. The minimum absolute atomic E-state index is 0.111. The molecular weight excluding hydrogens is 376 g/mol. The fourth-order valence-corrected chi connectivity index (χ4v) is 2.66. The van der Waals surface area contributed by atoms with Crippen LogP contribution in [0.5, 0.6) is 17.2 Å². The van der Waals surface area contributed by atoms with Crippen molar-refractivity contribution >= 4 is 29.1 Å². The number of ether oxygens (including phenoxy) is 4. The quantitative estimate of drug-likeness (QED) is 0.539. The van der Waals surface area contributed by atoms with E-state index in [-0.39, 0.29) is 17.1 Å². The highest BCUT2D eigenvalue weighted by Crippen LogP contribution is 2.38. The monoisotopic (exact) mass is 394 g/mol. The Morgan fingerprint density at radius 1 is 1.00 bits per heavy atom. The van der Waals surface area contributed by atoms with Gasteiger partial charge in [-0.2, -0.15) is 0 Å². The topological polar surface area (TPSA) is 112 Å². The van der Waals surface area contributed by atoms with Crippen molar-refractivity contribution < 1.29 is 33.3 Å². The molecule has 2 N–H and O–H groups in total. The predicted molar refractivity (Wildman–Crippen MR) is 96.3 cm³/mol. The third kappa shape index (κ3) is 5.11. The third-order valence-electron chi connectivity index (χ3n) is 3.30. The second-order valence-corrected chi connectivity index (χ2v) is 5.92. The maximum Gasteiger partial charge on any atom is 0.338 e. The van der Waals surface area contributed by atoms with Crippen LogP contribution in [0.25, 0.3) is 0 Å². The summed E-state index contributed by atoms with van der Waals surface area (Å²) in [5.74, 6) is -1.05. The van der Waals surface area contributed by atoms with Crippen LogP contribution in [0.3, 0.4) is 0 Å². The lowest BCUT2D eigenvalue weighted by molar-refractivity contribution is -0.125. The average molecular weight is 394 g/mol. The number of thiophene rings is 1. The fraction of sp³-hybridized carbons (Fsp3) is 0.235. The molecule has 0 saturated heterocycles. The van der Waals surface area contributed by atoms with Gasteiger partial charge in [0, 0.05) is 0 Å². The molecule has 0 aliphatic carbocycles. The second kappa shape index (κ2) is 9.43. The summed E-state index contributed by atoms with van der Waals surface area (Å²) >= 11 is 1.23. The van der Waals surface area contributed by atoms with Crippen molar-refractivity contribution in [1.29, 1.82) is 0 Å². The molecule has 0 fully saturated rings. The largest absolute Gasteiger partial charge is 0.493 e. The first-order chi connectivity index (χ1) is 13.0. The smallest absolute Gasteiger partial charge is 0.338 e. The second-order valence-electron chi connectivity index (χ2n) is 4.97. The van der Waals surface area contributed by atoms with E-state index >= 15 is 0 Å². The molecule has 1 aromatic carbocycles. The lowest BCUT2D eigenvalue weighted by atomic mass is 10.2. The van der Waals surface area contributed by atoms with Gasteiger partial charge >= 0.3 is 5.97 Å². The molecule has 1 aromatic heterocycles. The van der Waals surface area contributed by atoms with Crippen molar-refractivity contribution in [3.63, 3.8) is 0 Å². The van der Waals surface area contributed by atoms with Gasteiger partial charge in [-0.15, -0.1) is 11.3 Å². The lowest BCUT2D eigenvalue weighted by Gasteiger charge is -2.13. The zero-order chi connectivity index (χ0) is 19.8. The summed E-state index contributed by atoms with van der Waals surface area (Å²) in [6.07, 6.45) is 0. The van der Waals surface area contributed by atoms with E-state index in [0.717, 1.165) is 0 Å². The molecule has 0 atom stereocenters. The molecule has 9 nitrogen and oxygen atoms in total. The van der Waals surface area contributed by atoms with Crippen molar-refractivity contribution in [1.82, 2.24) is 10.9 Å². The maximum absolute atomic E-state index is 12.2. The van der Waals surface area contributed by atoms with Crippen LogP contribution < -0.4 is 25.1 Å². The van der Waals surface area contributed by atoms with Crippen LogP contribution in [0.2, 0.25) is 0 Å². The van der Waals surface area contributed by atoms with Gasteiger partial charge in [0.1, 0.15) is 0 Å². The highest BCUT2D eigenvalue weighted by atomic mass is 32.1. The number of hydrogen-bond acceptors (Lipinski definition) is 8. The molecule has 0 aliphatic rings. The van der Waals surface area contributed by atoms with E-state index < -0.39 is 24.4 Å². The summed E-state index contributed by atoms with van der Waals surface area (Å²) in [5, 5.41) is 1.73. The highest BCUT2D eigenvalue weighted by Gasteiger charge is 2.19. The fourth-order valence-electron chi connectivity index (χ4n) is 2.05. The Labute approximate surface area is 159 Å². The molecule has 0 aliphatic heterocycles. The van der Waals surface area contributed by atoms with Gasteiger partial charge in [-0.1, -0.05) is 6.07 Å². The Bertz CT molecular complexity index is 796. The summed E-state index contributed by atoms with van der Waals surface area (Å²) in [7, 11) is 4.26. The minimum atomic E-state index is -0.769. The maximum atomic E-state index is 12.2. The van der Waals surface area contributed by atoms with Crippen LogP contribution in [0.1, 0.15) is 20.0 Å². The van der Waals surface area contributed by atoms with Gasteiger partial charge in [-0.05, 0) is 23.6 Å². The number of methoxy groups -OCH3 is 3. The van der Waals surface area contributed by atoms with Crippen molar-refractivity contribution in [2.75, 3.05) is 27.9 Å². The van der Waals surface area contributed by atoms with E-state index in [0.29, 0.717) is 10.6 Å². The third-order valence-corrected chi connectivity index (χ3v) is 4.16. The van der Waals surface area contributed by atoms with E-state index in [1.807, 2.05) is 0 Å². The molecule has 2 rings (SSSR count). The van der Waals surface area contributed by atoms with E-state index in [1.165, 1.54) is 44.8 Å². The molecule has 0 saturated carbocycles. The first kappa shape index (κ1) is 20.0. The molecule has 1 heterocycles. The first-order valence-electron chi connectivity index (χ1n) is 7.60. The highest BCUT2D eigenvalue weighted by molar-refractivity contribution is 7.12. The van der Waals surface area contributed by atoms with Crippen LogP contribution in [0.4, 0.5) is 0 Å². The van der Waals surface area contributed by atoms with Gasteiger partial charge in [-0.25, -0.2) is 4.79 Å². The van der Waals surface area contributed by atoms with Crippen LogP contribution in [-0.4, -0.2) is 45.7 Å². The number of carbonyl (C=O) groups excluding carboxylic acids is 3. The zero-order valence-electron chi connectivity index (χ0n) is 14.9. The van der Waals surface area contributed by atoms with Gasteiger partial charge in [0.15, 0.2) is 18.1 Å². The summed E-state index contributed by atoms with van der Waals surface area (Å²) in [5.41, 5.74) is 4.50. The summed E-state index contributed by atoms with van der Waals surface area (Å²) in [6, 6.07) is 6.12. The van der Waals surface area contributed by atoms with E-state index in [2.05, 4.69) is 10.9 Å². The van der Waals surface area contributed by atoms with Crippen molar-refractivity contribution in [2.45, 2.75) is 0 Å². The van der Waals surface area contributed by atoms with Gasteiger partial charge in [0.2, 0.25) is 5.75 Å². The minimum Gasteiger partial charge on any atom is -0.493 e. The number of esters is 1.